The summed E-state index contributed by atoms with van der Waals surface area (Å²) in [5, 5.41) is 9.11. The third-order valence-corrected chi connectivity index (χ3v) is 2.08. The molecule has 1 N–H and O–H groups in total. The molecule has 1 heterocycles. The third kappa shape index (κ3) is 1.24. The van der Waals surface area contributed by atoms with Crippen LogP contribution in [0.4, 0.5) is 0 Å². The Morgan fingerprint density at radius 2 is 2.27 bits per heavy atom. The number of nitrogens with zero attached hydrogens (tertiary/aromatic N) is 1. The number of aromatic nitrogens is 1. The van der Waals surface area contributed by atoms with Crippen molar-refractivity contribution < 1.29 is 9.90 Å². The van der Waals surface area contributed by atoms with E-state index in [-0.39, 0.29) is 5.69 Å². The van der Waals surface area contributed by atoms with Crippen molar-refractivity contribution in [1.82, 2.24) is 4.57 Å². The average molecular weight is 174 g/mol. The fourth-order valence-corrected chi connectivity index (χ4v) is 1.10. The third-order valence-electron chi connectivity index (χ3n) is 1.69. The molecule has 0 unspecified atom stereocenters. The summed E-state index contributed by atoms with van der Waals surface area (Å²) in [5.41, 5.74) is 0.983. The first-order valence-corrected chi connectivity index (χ1v) is 3.47. The van der Waals surface area contributed by atoms with Gasteiger partial charge >= 0.3 is 5.97 Å². The maximum Gasteiger partial charge on any atom is 0.352 e. The number of carbonyl (C=O) groups is 1. The molecule has 3 nitrogen and oxygen atoms in total. The van der Waals surface area contributed by atoms with Crippen LogP contribution in [-0.4, -0.2) is 15.6 Å². The Bertz CT molecular complexity index is 304. The van der Waals surface area contributed by atoms with E-state index in [4.69, 9.17) is 16.7 Å². The average Bonchev–Trinajstić information content (AvgIpc) is 2.17. The largest absolute Gasteiger partial charge is 0.477 e. The fraction of sp³-hybridized carbons (Fsp3) is 0.286. The number of aromatic carboxylic acids is 1. The smallest absolute Gasteiger partial charge is 0.352 e. The molecule has 0 saturated heterocycles. The molecule has 60 valence electrons. The molecule has 0 amide bonds. The van der Waals surface area contributed by atoms with Gasteiger partial charge in [0.05, 0.1) is 5.02 Å². The molecule has 0 atom stereocenters. The number of halogens is 1. The van der Waals surface area contributed by atoms with E-state index in [0.717, 1.165) is 5.69 Å². The fourth-order valence-electron chi connectivity index (χ4n) is 0.867. The lowest BCUT2D eigenvalue weighted by atomic mass is 10.4. The zero-order valence-corrected chi connectivity index (χ0v) is 7.01. The maximum absolute atomic E-state index is 10.5. The predicted molar refractivity (Wildman–Crippen MR) is 42.1 cm³/mol. The van der Waals surface area contributed by atoms with Gasteiger partial charge in [-0.3, -0.25) is 0 Å². The molecule has 1 aromatic heterocycles. The highest BCUT2D eigenvalue weighted by molar-refractivity contribution is 6.31. The van der Waals surface area contributed by atoms with Gasteiger partial charge in [-0.15, -0.1) is 0 Å². The highest BCUT2D eigenvalue weighted by Gasteiger charge is 2.12. The SMILES string of the molecule is Cc1c(Cl)cc(C(=O)O)n1C. The first-order valence-electron chi connectivity index (χ1n) is 3.09. The van der Waals surface area contributed by atoms with Crippen molar-refractivity contribution in [3.63, 3.8) is 0 Å². The van der Waals surface area contributed by atoms with Gasteiger partial charge in [-0.25, -0.2) is 4.79 Å². The van der Waals surface area contributed by atoms with Crippen LogP contribution >= 0.6 is 11.6 Å². The monoisotopic (exact) mass is 173 g/mol. The van der Waals surface area contributed by atoms with Crippen LogP contribution in [0, 0.1) is 6.92 Å². The van der Waals surface area contributed by atoms with E-state index in [0.29, 0.717) is 5.02 Å². The first kappa shape index (κ1) is 8.14. The Hall–Kier alpha value is -0.960. The molecule has 0 aliphatic carbocycles. The van der Waals surface area contributed by atoms with Crippen LogP contribution in [0.2, 0.25) is 5.02 Å². The second kappa shape index (κ2) is 2.58. The molecular formula is C7H8ClNO2. The minimum absolute atomic E-state index is 0.215. The standard InChI is InChI=1S/C7H8ClNO2/c1-4-5(8)3-6(7(10)11)9(4)2/h3H,1-2H3,(H,10,11). The molecule has 0 saturated carbocycles. The van der Waals surface area contributed by atoms with Crippen LogP contribution in [-0.2, 0) is 7.05 Å². The molecule has 0 aliphatic heterocycles. The van der Waals surface area contributed by atoms with E-state index in [1.165, 1.54) is 6.07 Å². The topological polar surface area (TPSA) is 42.2 Å². The number of rotatable bonds is 1. The molecule has 0 aromatic carbocycles. The molecule has 0 aliphatic rings. The Morgan fingerprint density at radius 3 is 2.45 bits per heavy atom. The molecule has 0 radical (unpaired) electrons. The van der Waals surface area contributed by atoms with E-state index in [1.54, 1.807) is 18.5 Å². The summed E-state index contributed by atoms with van der Waals surface area (Å²) in [7, 11) is 1.67. The van der Waals surface area contributed by atoms with Crippen LogP contribution < -0.4 is 0 Å². The lowest BCUT2D eigenvalue weighted by Gasteiger charge is -1.98. The zero-order chi connectivity index (χ0) is 8.59. The molecule has 1 aromatic rings. The number of carboxylic acids is 1. The van der Waals surface area contributed by atoms with Crippen molar-refractivity contribution in [1.29, 1.82) is 0 Å². The van der Waals surface area contributed by atoms with Crippen molar-refractivity contribution in [2.75, 3.05) is 0 Å². The van der Waals surface area contributed by atoms with Crippen molar-refractivity contribution in [3.05, 3.63) is 22.5 Å². The predicted octanol–water partition coefficient (Wildman–Crippen LogP) is 1.69. The summed E-state index contributed by atoms with van der Waals surface area (Å²) in [5.74, 6) is -0.956. The van der Waals surface area contributed by atoms with E-state index in [1.807, 2.05) is 0 Å². The summed E-state index contributed by atoms with van der Waals surface area (Å²) < 4.78 is 1.55. The Balaban J connectivity index is 3.29. The van der Waals surface area contributed by atoms with Crippen LogP contribution in [0.25, 0.3) is 0 Å². The lowest BCUT2D eigenvalue weighted by molar-refractivity contribution is 0.0686. The van der Waals surface area contributed by atoms with Crippen molar-refractivity contribution in [2.24, 2.45) is 7.05 Å². The number of hydrogen-bond acceptors (Lipinski definition) is 1. The van der Waals surface area contributed by atoms with Gasteiger partial charge in [-0.2, -0.15) is 0 Å². The quantitative estimate of drug-likeness (QED) is 0.702. The van der Waals surface area contributed by atoms with Crippen LogP contribution in [0.3, 0.4) is 0 Å². The number of hydrogen-bond donors (Lipinski definition) is 1. The summed E-state index contributed by atoms with van der Waals surface area (Å²) >= 11 is 5.69. The van der Waals surface area contributed by atoms with Gasteiger partial charge in [0.15, 0.2) is 0 Å². The van der Waals surface area contributed by atoms with Gasteiger partial charge in [0.2, 0.25) is 0 Å². The highest BCUT2D eigenvalue weighted by atomic mass is 35.5. The molecule has 1 rings (SSSR count). The van der Waals surface area contributed by atoms with E-state index in [2.05, 4.69) is 0 Å². The van der Waals surface area contributed by atoms with Crippen LogP contribution in [0.5, 0.6) is 0 Å². The molecule has 11 heavy (non-hydrogen) atoms. The van der Waals surface area contributed by atoms with Gasteiger partial charge in [0, 0.05) is 12.7 Å². The summed E-state index contributed by atoms with van der Waals surface area (Å²) in [6.45, 7) is 1.77. The molecule has 0 bridgehead atoms. The minimum Gasteiger partial charge on any atom is -0.477 e. The van der Waals surface area contributed by atoms with Crippen LogP contribution in [0.15, 0.2) is 6.07 Å². The summed E-state index contributed by atoms with van der Waals surface area (Å²) in [4.78, 5) is 10.5. The van der Waals surface area contributed by atoms with Crippen molar-refractivity contribution in [3.8, 4) is 0 Å². The summed E-state index contributed by atoms with van der Waals surface area (Å²) in [6, 6.07) is 1.44. The zero-order valence-electron chi connectivity index (χ0n) is 6.26. The second-order valence-corrected chi connectivity index (χ2v) is 2.73. The maximum atomic E-state index is 10.5. The van der Waals surface area contributed by atoms with Gasteiger partial charge in [0.1, 0.15) is 5.69 Å². The van der Waals surface area contributed by atoms with Crippen molar-refractivity contribution in [2.45, 2.75) is 6.92 Å². The van der Waals surface area contributed by atoms with E-state index in [9.17, 15) is 4.79 Å². The minimum atomic E-state index is -0.956. The van der Waals surface area contributed by atoms with E-state index >= 15 is 0 Å². The Morgan fingerprint density at radius 1 is 1.73 bits per heavy atom. The van der Waals surface area contributed by atoms with Gasteiger partial charge in [0.25, 0.3) is 0 Å². The Kier molecular flexibility index (Phi) is 1.91. The highest BCUT2D eigenvalue weighted by Crippen LogP contribution is 2.18. The second-order valence-electron chi connectivity index (χ2n) is 2.33. The van der Waals surface area contributed by atoms with Gasteiger partial charge in [-0.1, -0.05) is 11.6 Å². The van der Waals surface area contributed by atoms with Crippen LogP contribution in [0.1, 0.15) is 16.2 Å². The first-order chi connectivity index (χ1) is 5.04. The lowest BCUT2D eigenvalue weighted by Crippen LogP contribution is -2.04. The van der Waals surface area contributed by atoms with Gasteiger partial charge in [-0.05, 0) is 13.0 Å². The normalized spacial score (nSPS) is 10.1. The molecule has 0 fully saturated rings. The van der Waals surface area contributed by atoms with E-state index < -0.39 is 5.97 Å². The molecule has 0 spiro atoms. The van der Waals surface area contributed by atoms with Gasteiger partial charge < -0.3 is 9.67 Å². The molecule has 4 heteroatoms. The van der Waals surface area contributed by atoms with Crippen molar-refractivity contribution >= 4 is 17.6 Å². The summed E-state index contributed by atoms with van der Waals surface area (Å²) in [6.07, 6.45) is 0. The Labute approximate surface area is 69.2 Å². The molecular weight excluding hydrogens is 166 g/mol. The number of carboxylic acid groups (broad SMARTS) is 1.